The van der Waals surface area contributed by atoms with Gasteiger partial charge in [0.2, 0.25) is 0 Å². The minimum absolute atomic E-state index is 0.374. The molecule has 0 heterocycles. The van der Waals surface area contributed by atoms with E-state index in [-0.39, 0.29) is 5.97 Å². The van der Waals surface area contributed by atoms with Crippen LogP contribution < -0.4 is 0 Å². The van der Waals surface area contributed by atoms with E-state index in [1.165, 1.54) is 6.92 Å². The minimum atomic E-state index is -0.374. The lowest BCUT2D eigenvalue weighted by molar-refractivity contribution is -0.134. The summed E-state index contributed by atoms with van der Waals surface area (Å²) in [5, 5.41) is 8.39. The highest BCUT2D eigenvalue weighted by Gasteiger charge is 2.03. The topological polar surface area (TPSA) is 50.1 Å². The normalized spacial score (nSPS) is 10.0. The summed E-state index contributed by atoms with van der Waals surface area (Å²) in [6.07, 6.45) is 3.51. The Morgan fingerprint density at radius 1 is 1.32 bits per heavy atom. The molecule has 0 N–H and O–H groups in total. The van der Waals surface area contributed by atoms with Crippen molar-refractivity contribution in [2.45, 2.75) is 26.2 Å². The van der Waals surface area contributed by atoms with Crippen LogP contribution in [0.15, 0.2) is 36.4 Å². The first-order valence-electron chi connectivity index (χ1n) is 6.03. The Bertz CT molecular complexity index is 542. The number of nitrogens with zero attached hydrogens (tertiary/aromatic N) is 1. The van der Waals surface area contributed by atoms with Gasteiger partial charge in [0, 0.05) is 31.4 Å². The van der Waals surface area contributed by atoms with Gasteiger partial charge in [-0.25, -0.2) is 0 Å². The Balaban J connectivity index is 2.75. The lowest BCUT2D eigenvalue weighted by Gasteiger charge is -2.05. The fraction of sp³-hybridized carbons (Fsp3) is 0.250. The first-order valence-corrected chi connectivity index (χ1v) is 6.03. The summed E-state index contributed by atoms with van der Waals surface area (Å²) in [7, 11) is 0. The van der Waals surface area contributed by atoms with E-state index in [4.69, 9.17) is 10.00 Å². The first-order chi connectivity index (χ1) is 9.24. The average molecular weight is 253 g/mol. The number of benzene rings is 1. The summed E-state index contributed by atoms with van der Waals surface area (Å²) in [6, 6.07) is 11.4. The van der Waals surface area contributed by atoms with Crippen molar-refractivity contribution < 1.29 is 9.53 Å². The van der Waals surface area contributed by atoms with Gasteiger partial charge in [-0.3, -0.25) is 4.79 Å². The monoisotopic (exact) mass is 253 g/mol. The van der Waals surface area contributed by atoms with Gasteiger partial charge in [-0.15, -0.1) is 0 Å². The molecule has 0 saturated carbocycles. The Kier molecular flexibility index (Phi) is 6.55. The first kappa shape index (κ1) is 14.5. The van der Waals surface area contributed by atoms with Crippen molar-refractivity contribution in [3.63, 3.8) is 0 Å². The van der Waals surface area contributed by atoms with E-state index < -0.39 is 0 Å². The second-order valence-corrected chi connectivity index (χ2v) is 3.80. The number of nitriles is 1. The summed E-state index contributed by atoms with van der Waals surface area (Å²) in [5.41, 5.74) is 0.809. The highest BCUT2D eigenvalue weighted by atomic mass is 16.5. The van der Waals surface area contributed by atoms with Crippen molar-refractivity contribution in [1.82, 2.24) is 0 Å². The van der Waals surface area contributed by atoms with E-state index >= 15 is 0 Å². The van der Waals surface area contributed by atoms with Gasteiger partial charge in [0.15, 0.2) is 0 Å². The molecule has 19 heavy (non-hydrogen) atoms. The molecule has 3 nitrogen and oxygen atoms in total. The third-order valence-corrected chi connectivity index (χ3v) is 2.21. The van der Waals surface area contributed by atoms with E-state index in [0.29, 0.717) is 18.6 Å². The van der Waals surface area contributed by atoms with Crippen molar-refractivity contribution in [2.24, 2.45) is 0 Å². The Hall–Kier alpha value is -2.52. The quantitative estimate of drug-likeness (QED) is 0.358. The SMILES string of the molecule is CC(=O)O/C(=C\C#CCCCC#N)c1ccccc1. The standard InChI is InChI=1S/C16H15NO2/c1-14(18)19-16(15-10-6-5-7-11-15)12-8-3-2-4-9-13-17/h5-7,10-12H,2,4,9H2,1H3/b16-12-. The summed E-state index contributed by atoms with van der Waals surface area (Å²) in [4.78, 5) is 11.1. The molecule has 0 amide bonds. The molecule has 1 aromatic carbocycles. The molecule has 0 aromatic heterocycles. The molecular formula is C16H15NO2. The molecule has 0 fully saturated rings. The van der Waals surface area contributed by atoms with Crippen LogP contribution in [0.4, 0.5) is 0 Å². The molecule has 0 aliphatic heterocycles. The Labute approximate surface area is 113 Å². The molecule has 0 saturated heterocycles. The lowest BCUT2D eigenvalue weighted by atomic mass is 10.2. The average Bonchev–Trinajstić information content (AvgIpc) is 2.42. The molecule has 0 bridgehead atoms. The third kappa shape index (κ3) is 6.10. The van der Waals surface area contributed by atoms with Crippen LogP contribution in [0.3, 0.4) is 0 Å². The second kappa shape index (κ2) is 8.55. The number of rotatable bonds is 4. The van der Waals surface area contributed by atoms with Crippen LogP contribution in [0.5, 0.6) is 0 Å². The van der Waals surface area contributed by atoms with Crippen LogP contribution in [0, 0.1) is 23.2 Å². The van der Waals surface area contributed by atoms with Gasteiger partial charge in [-0.05, 0) is 6.42 Å². The number of unbranched alkanes of at least 4 members (excludes halogenated alkanes) is 2. The third-order valence-electron chi connectivity index (χ3n) is 2.21. The molecule has 96 valence electrons. The van der Waals surface area contributed by atoms with E-state index in [0.717, 1.165) is 12.0 Å². The van der Waals surface area contributed by atoms with Crippen LogP contribution in [0.25, 0.3) is 5.76 Å². The number of carbonyl (C=O) groups excluding carboxylic acids is 1. The van der Waals surface area contributed by atoms with Gasteiger partial charge >= 0.3 is 5.97 Å². The smallest absolute Gasteiger partial charge is 0.308 e. The van der Waals surface area contributed by atoms with Crippen LogP contribution in [0.2, 0.25) is 0 Å². The number of ether oxygens (including phenoxy) is 1. The largest absolute Gasteiger partial charge is 0.425 e. The van der Waals surface area contributed by atoms with Gasteiger partial charge in [0.25, 0.3) is 0 Å². The number of allylic oxidation sites excluding steroid dienone is 1. The fourth-order valence-electron chi connectivity index (χ4n) is 1.37. The molecule has 0 aliphatic carbocycles. The molecule has 0 unspecified atom stereocenters. The van der Waals surface area contributed by atoms with E-state index in [1.807, 2.05) is 30.3 Å². The van der Waals surface area contributed by atoms with E-state index in [1.54, 1.807) is 6.08 Å². The van der Waals surface area contributed by atoms with Gasteiger partial charge in [-0.1, -0.05) is 42.2 Å². The van der Waals surface area contributed by atoms with Crippen molar-refractivity contribution >= 4 is 11.7 Å². The highest BCUT2D eigenvalue weighted by Crippen LogP contribution is 2.15. The molecule has 0 aliphatic rings. The maximum Gasteiger partial charge on any atom is 0.308 e. The van der Waals surface area contributed by atoms with Gasteiger partial charge in [0.05, 0.1) is 6.07 Å². The number of hydrogen-bond acceptors (Lipinski definition) is 3. The molecule has 1 rings (SSSR count). The Morgan fingerprint density at radius 3 is 2.68 bits per heavy atom. The predicted molar refractivity (Wildman–Crippen MR) is 73.4 cm³/mol. The zero-order chi connectivity index (χ0) is 13.9. The van der Waals surface area contributed by atoms with Crippen LogP contribution in [0.1, 0.15) is 31.7 Å². The predicted octanol–water partition coefficient (Wildman–Crippen LogP) is 3.29. The molecule has 0 atom stereocenters. The number of esters is 1. The fourth-order valence-corrected chi connectivity index (χ4v) is 1.37. The van der Waals surface area contributed by atoms with Gasteiger partial charge in [0.1, 0.15) is 5.76 Å². The maximum absolute atomic E-state index is 11.1. The van der Waals surface area contributed by atoms with Crippen LogP contribution in [-0.2, 0) is 9.53 Å². The number of hydrogen-bond donors (Lipinski definition) is 0. The molecule has 1 aromatic rings. The van der Waals surface area contributed by atoms with Crippen LogP contribution in [-0.4, -0.2) is 5.97 Å². The van der Waals surface area contributed by atoms with Crippen LogP contribution >= 0.6 is 0 Å². The molecular weight excluding hydrogens is 238 g/mol. The summed E-state index contributed by atoms with van der Waals surface area (Å²) in [6.45, 7) is 1.36. The zero-order valence-corrected chi connectivity index (χ0v) is 10.8. The molecule has 0 spiro atoms. The maximum atomic E-state index is 11.1. The van der Waals surface area contributed by atoms with Gasteiger partial charge in [-0.2, -0.15) is 5.26 Å². The van der Waals surface area contributed by atoms with E-state index in [9.17, 15) is 4.79 Å². The highest BCUT2D eigenvalue weighted by molar-refractivity contribution is 5.77. The van der Waals surface area contributed by atoms with Gasteiger partial charge < -0.3 is 4.74 Å². The Morgan fingerprint density at radius 2 is 2.05 bits per heavy atom. The van der Waals surface area contributed by atoms with E-state index in [2.05, 4.69) is 17.9 Å². The summed E-state index contributed by atoms with van der Waals surface area (Å²) < 4.78 is 5.13. The molecule has 0 radical (unpaired) electrons. The summed E-state index contributed by atoms with van der Waals surface area (Å²) >= 11 is 0. The van der Waals surface area contributed by atoms with Crippen molar-refractivity contribution in [1.29, 1.82) is 5.26 Å². The van der Waals surface area contributed by atoms with Crippen molar-refractivity contribution in [3.05, 3.63) is 42.0 Å². The summed E-state index contributed by atoms with van der Waals surface area (Å²) in [5.74, 6) is 5.85. The lowest BCUT2D eigenvalue weighted by Crippen LogP contribution is -1.98. The van der Waals surface area contributed by atoms with Crippen molar-refractivity contribution in [3.8, 4) is 17.9 Å². The zero-order valence-electron chi connectivity index (χ0n) is 10.8. The molecule has 3 heteroatoms. The van der Waals surface area contributed by atoms with Crippen molar-refractivity contribution in [2.75, 3.05) is 0 Å². The second-order valence-electron chi connectivity index (χ2n) is 3.80. The minimum Gasteiger partial charge on any atom is -0.425 e. The number of carbonyl (C=O) groups is 1.